The lowest BCUT2D eigenvalue weighted by atomic mass is 9.82. The van der Waals surface area contributed by atoms with Gasteiger partial charge in [0.2, 0.25) is 10.0 Å². The van der Waals surface area contributed by atoms with Gasteiger partial charge in [-0.3, -0.25) is 0 Å². The SMILES string of the molecule is CCC(C)(C)c1ccc(S(=O)(=O)N2CCN(c3ccc(C#N)cc3)CC2)cc1. The normalized spacial score (nSPS) is 16.0. The molecule has 5 nitrogen and oxygen atoms in total. The fraction of sp³-hybridized carbons (Fsp3) is 0.409. The summed E-state index contributed by atoms with van der Waals surface area (Å²) in [6.45, 7) is 8.63. The second-order valence-electron chi connectivity index (χ2n) is 7.81. The fourth-order valence-electron chi connectivity index (χ4n) is 3.36. The number of nitrogens with zero attached hydrogens (tertiary/aromatic N) is 3. The van der Waals surface area contributed by atoms with Crippen molar-refractivity contribution in [2.75, 3.05) is 31.1 Å². The van der Waals surface area contributed by atoms with Crippen molar-refractivity contribution in [3.63, 3.8) is 0 Å². The smallest absolute Gasteiger partial charge is 0.243 e. The Labute approximate surface area is 168 Å². The molecule has 28 heavy (non-hydrogen) atoms. The Kier molecular flexibility index (Phi) is 5.78. The van der Waals surface area contributed by atoms with Crippen LogP contribution in [0, 0.1) is 11.3 Å². The van der Waals surface area contributed by atoms with Crippen LogP contribution in [0.1, 0.15) is 38.3 Å². The third-order valence-corrected chi connectivity index (χ3v) is 7.67. The number of anilines is 1. The molecule has 0 bridgehead atoms. The molecule has 0 aliphatic carbocycles. The molecule has 3 rings (SSSR count). The molecule has 0 atom stereocenters. The largest absolute Gasteiger partial charge is 0.369 e. The predicted molar refractivity (Wildman–Crippen MR) is 112 cm³/mol. The summed E-state index contributed by atoms with van der Waals surface area (Å²) in [5, 5.41) is 8.91. The number of hydrogen-bond donors (Lipinski definition) is 0. The molecule has 1 fully saturated rings. The van der Waals surface area contributed by atoms with E-state index in [0.29, 0.717) is 36.6 Å². The third kappa shape index (κ3) is 4.06. The molecule has 0 saturated carbocycles. The van der Waals surface area contributed by atoms with Crippen LogP contribution in [0.2, 0.25) is 0 Å². The molecule has 0 aromatic heterocycles. The third-order valence-electron chi connectivity index (χ3n) is 5.76. The Morgan fingerprint density at radius 2 is 1.54 bits per heavy atom. The highest BCUT2D eigenvalue weighted by atomic mass is 32.2. The highest BCUT2D eigenvalue weighted by Crippen LogP contribution is 2.28. The van der Waals surface area contributed by atoms with Gasteiger partial charge in [-0.15, -0.1) is 0 Å². The Morgan fingerprint density at radius 3 is 2.04 bits per heavy atom. The van der Waals surface area contributed by atoms with Crippen LogP contribution < -0.4 is 4.90 Å². The van der Waals surface area contributed by atoms with E-state index >= 15 is 0 Å². The second-order valence-corrected chi connectivity index (χ2v) is 9.75. The molecular weight excluding hydrogens is 370 g/mol. The molecule has 1 aliphatic heterocycles. The van der Waals surface area contributed by atoms with E-state index in [-0.39, 0.29) is 5.41 Å². The first-order valence-corrected chi connectivity index (χ1v) is 11.1. The van der Waals surface area contributed by atoms with Gasteiger partial charge in [0.05, 0.1) is 16.5 Å². The number of nitriles is 1. The van der Waals surface area contributed by atoms with Crippen LogP contribution in [0.3, 0.4) is 0 Å². The van der Waals surface area contributed by atoms with Crippen molar-refractivity contribution in [1.29, 1.82) is 5.26 Å². The van der Waals surface area contributed by atoms with Crippen molar-refractivity contribution in [3.05, 3.63) is 59.7 Å². The van der Waals surface area contributed by atoms with Gasteiger partial charge < -0.3 is 4.90 Å². The average Bonchev–Trinajstić information content (AvgIpc) is 2.74. The van der Waals surface area contributed by atoms with Gasteiger partial charge in [-0.05, 0) is 53.8 Å². The van der Waals surface area contributed by atoms with E-state index < -0.39 is 10.0 Å². The van der Waals surface area contributed by atoms with Gasteiger partial charge in [-0.1, -0.05) is 32.9 Å². The van der Waals surface area contributed by atoms with Crippen LogP contribution in [-0.4, -0.2) is 38.9 Å². The monoisotopic (exact) mass is 397 g/mol. The summed E-state index contributed by atoms with van der Waals surface area (Å²) in [5.41, 5.74) is 2.83. The van der Waals surface area contributed by atoms with E-state index in [0.717, 1.165) is 17.7 Å². The Morgan fingerprint density at radius 1 is 0.964 bits per heavy atom. The molecule has 1 aliphatic rings. The van der Waals surface area contributed by atoms with Gasteiger partial charge >= 0.3 is 0 Å². The molecule has 0 radical (unpaired) electrons. The minimum Gasteiger partial charge on any atom is -0.369 e. The van der Waals surface area contributed by atoms with Crippen molar-refractivity contribution in [2.24, 2.45) is 0 Å². The molecule has 0 unspecified atom stereocenters. The summed E-state index contributed by atoms with van der Waals surface area (Å²) in [4.78, 5) is 2.51. The van der Waals surface area contributed by atoms with Crippen molar-refractivity contribution in [2.45, 2.75) is 37.5 Å². The second kappa shape index (κ2) is 7.94. The van der Waals surface area contributed by atoms with Crippen molar-refractivity contribution in [1.82, 2.24) is 4.31 Å². The molecule has 0 N–H and O–H groups in total. The average molecular weight is 398 g/mol. The number of sulfonamides is 1. The van der Waals surface area contributed by atoms with E-state index in [4.69, 9.17) is 5.26 Å². The highest BCUT2D eigenvalue weighted by molar-refractivity contribution is 7.89. The minimum atomic E-state index is -3.48. The highest BCUT2D eigenvalue weighted by Gasteiger charge is 2.29. The first kappa shape index (κ1) is 20.4. The maximum atomic E-state index is 13.0. The fourth-order valence-corrected chi connectivity index (χ4v) is 4.79. The number of piperazine rings is 1. The maximum Gasteiger partial charge on any atom is 0.243 e. The Balaban J connectivity index is 1.69. The summed E-state index contributed by atoms with van der Waals surface area (Å²) in [6, 6.07) is 16.8. The molecular formula is C22H27N3O2S. The topological polar surface area (TPSA) is 64.4 Å². The Hall–Kier alpha value is -2.36. The summed E-state index contributed by atoms with van der Waals surface area (Å²) in [6.07, 6.45) is 0.996. The number of rotatable bonds is 5. The summed E-state index contributed by atoms with van der Waals surface area (Å²) in [7, 11) is -3.48. The standard InChI is InChI=1S/C22H27N3O2S/c1-4-22(2,3)19-7-11-21(12-8-19)28(26,27)25-15-13-24(14-16-25)20-9-5-18(17-23)6-10-20/h5-12H,4,13-16H2,1-3H3. The van der Waals surface area contributed by atoms with Gasteiger partial charge in [0.1, 0.15) is 0 Å². The molecule has 6 heteroatoms. The number of benzene rings is 2. The van der Waals surface area contributed by atoms with E-state index in [1.54, 1.807) is 28.6 Å². The van der Waals surface area contributed by atoms with E-state index in [2.05, 4.69) is 31.7 Å². The molecule has 2 aromatic rings. The molecule has 148 valence electrons. The predicted octanol–water partition coefficient (Wildman–Crippen LogP) is 3.76. The molecule has 0 amide bonds. The zero-order chi connectivity index (χ0) is 20.4. The van der Waals surface area contributed by atoms with Crippen LogP contribution in [-0.2, 0) is 15.4 Å². The summed E-state index contributed by atoms with van der Waals surface area (Å²) in [5.74, 6) is 0. The number of hydrogen-bond acceptors (Lipinski definition) is 4. The maximum absolute atomic E-state index is 13.0. The quantitative estimate of drug-likeness (QED) is 0.771. The van der Waals surface area contributed by atoms with Crippen molar-refractivity contribution in [3.8, 4) is 6.07 Å². The minimum absolute atomic E-state index is 0.0367. The van der Waals surface area contributed by atoms with Crippen LogP contribution in [0.4, 0.5) is 5.69 Å². The van der Waals surface area contributed by atoms with Crippen molar-refractivity contribution < 1.29 is 8.42 Å². The van der Waals surface area contributed by atoms with Gasteiger partial charge in [0, 0.05) is 31.9 Å². The zero-order valence-corrected chi connectivity index (χ0v) is 17.5. The first-order chi connectivity index (χ1) is 13.3. The van der Waals surface area contributed by atoms with Gasteiger partial charge in [0.15, 0.2) is 0 Å². The van der Waals surface area contributed by atoms with E-state index in [9.17, 15) is 8.42 Å². The molecule has 2 aromatic carbocycles. The summed E-state index contributed by atoms with van der Waals surface area (Å²) < 4.78 is 27.6. The van der Waals surface area contributed by atoms with Crippen LogP contribution in [0.15, 0.2) is 53.4 Å². The summed E-state index contributed by atoms with van der Waals surface area (Å²) >= 11 is 0. The van der Waals surface area contributed by atoms with Crippen molar-refractivity contribution >= 4 is 15.7 Å². The van der Waals surface area contributed by atoms with Crippen LogP contribution >= 0.6 is 0 Å². The lowest BCUT2D eigenvalue weighted by Crippen LogP contribution is -2.48. The molecule has 1 heterocycles. The van der Waals surface area contributed by atoms with Crippen LogP contribution in [0.25, 0.3) is 0 Å². The lowest BCUT2D eigenvalue weighted by Gasteiger charge is -2.35. The first-order valence-electron chi connectivity index (χ1n) is 9.64. The lowest BCUT2D eigenvalue weighted by molar-refractivity contribution is 0.385. The van der Waals surface area contributed by atoms with Gasteiger partial charge in [0.25, 0.3) is 0 Å². The van der Waals surface area contributed by atoms with Gasteiger partial charge in [-0.2, -0.15) is 9.57 Å². The molecule has 1 saturated heterocycles. The van der Waals surface area contributed by atoms with E-state index in [1.807, 2.05) is 24.3 Å². The molecule has 0 spiro atoms. The van der Waals surface area contributed by atoms with Crippen LogP contribution in [0.5, 0.6) is 0 Å². The van der Waals surface area contributed by atoms with Gasteiger partial charge in [-0.25, -0.2) is 8.42 Å². The zero-order valence-electron chi connectivity index (χ0n) is 16.7. The van der Waals surface area contributed by atoms with E-state index in [1.165, 1.54) is 0 Å². The Bertz CT molecular complexity index is 950.